The Labute approximate surface area is 81.5 Å². The molecule has 0 amide bonds. The van der Waals surface area contributed by atoms with E-state index in [-0.39, 0.29) is 5.60 Å². The molecular formula is C9H14BrNO. The van der Waals surface area contributed by atoms with Gasteiger partial charge in [0.15, 0.2) is 0 Å². The summed E-state index contributed by atoms with van der Waals surface area (Å²) < 4.78 is 0. The first kappa shape index (κ1) is 8.54. The second kappa shape index (κ2) is 3.36. The molecule has 12 heavy (non-hydrogen) atoms. The number of unbranched alkanes of at least 4 members (excludes halogenated alkanes) is 1. The first-order chi connectivity index (χ1) is 5.85. The molecule has 68 valence electrons. The van der Waals surface area contributed by atoms with E-state index in [4.69, 9.17) is 4.84 Å². The number of oxime groups is 1. The molecular weight excluding hydrogens is 218 g/mol. The van der Waals surface area contributed by atoms with E-state index in [9.17, 15) is 0 Å². The lowest BCUT2D eigenvalue weighted by atomic mass is 10.1. The monoisotopic (exact) mass is 231 g/mol. The Kier molecular flexibility index (Phi) is 2.40. The van der Waals surface area contributed by atoms with Crippen LogP contribution in [-0.4, -0.2) is 16.6 Å². The molecule has 2 aliphatic rings. The van der Waals surface area contributed by atoms with Crippen LogP contribution in [0.3, 0.4) is 0 Å². The molecule has 0 aromatic rings. The summed E-state index contributed by atoms with van der Waals surface area (Å²) in [6.45, 7) is 0. The number of hydrogen-bond donors (Lipinski definition) is 0. The molecule has 0 unspecified atom stereocenters. The maximum atomic E-state index is 5.37. The van der Waals surface area contributed by atoms with Gasteiger partial charge in [-0.2, -0.15) is 0 Å². The van der Waals surface area contributed by atoms with Crippen LogP contribution < -0.4 is 0 Å². The van der Waals surface area contributed by atoms with Gasteiger partial charge in [0.1, 0.15) is 5.60 Å². The van der Waals surface area contributed by atoms with Crippen LogP contribution in [-0.2, 0) is 4.84 Å². The van der Waals surface area contributed by atoms with Crippen molar-refractivity contribution in [1.29, 1.82) is 0 Å². The van der Waals surface area contributed by atoms with Gasteiger partial charge >= 0.3 is 0 Å². The van der Waals surface area contributed by atoms with E-state index in [1.165, 1.54) is 31.4 Å². The maximum Gasteiger partial charge on any atom is 0.143 e. The van der Waals surface area contributed by atoms with E-state index in [0.717, 1.165) is 18.2 Å². The fraction of sp³-hybridized carbons (Fsp3) is 0.889. The van der Waals surface area contributed by atoms with Crippen LogP contribution in [0.15, 0.2) is 5.16 Å². The number of halogens is 1. The third-order valence-corrected chi connectivity index (χ3v) is 3.11. The Bertz CT molecular complexity index is 199. The van der Waals surface area contributed by atoms with Crippen molar-refractivity contribution in [2.45, 2.75) is 44.1 Å². The molecule has 2 nitrogen and oxygen atoms in total. The zero-order valence-corrected chi connectivity index (χ0v) is 8.77. The number of rotatable bonds is 4. The summed E-state index contributed by atoms with van der Waals surface area (Å²) in [5.41, 5.74) is 1.48. The molecule has 0 N–H and O–H groups in total. The van der Waals surface area contributed by atoms with Gasteiger partial charge in [-0.3, -0.25) is 0 Å². The number of nitrogens with zero attached hydrogens (tertiary/aromatic N) is 1. The van der Waals surface area contributed by atoms with Crippen LogP contribution in [0.25, 0.3) is 0 Å². The average Bonchev–Trinajstić information content (AvgIpc) is 2.68. The van der Waals surface area contributed by atoms with Crippen molar-refractivity contribution in [3.8, 4) is 0 Å². The standard InChI is InChI=1S/C9H14BrNO/c10-6-2-1-3-8-7-9(4-5-9)12-11-8/h1-7H2. The van der Waals surface area contributed by atoms with Crippen LogP contribution >= 0.6 is 15.9 Å². The molecule has 0 bridgehead atoms. The molecule has 2 rings (SSSR count). The molecule has 1 heterocycles. The van der Waals surface area contributed by atoms with Gasteiger partial charge in [-0.05, 0) is 32.1 Å². The van der Waals surface area contributed by atoms with Crippen molar-refractivity contribution < 1.29 is 4.84 Å². The first-order valence-corrected chi connectivity index (χ1v) is 5.77. The highest BCUT2D eigenvalue weighted by molar-refractivity contribution is 9.09. The van der Waals surface area contributed by atoms with Crippen molar-refractivity contribution in [1.82, 2.24) is 0 Å². The van der Waals surface area contributed by atoms with Crippen LogP contribution in [0.5, 0.6) is 0 Å². The molecule has 0 saturated heterocycles. The summed E-state index contributed by atoms with van der Waals surface area (Å²) in [4.78, 5) is 5.37. The molecule has 3 heteroatoms. The van der Waals surface area contributed by atoms with Crippen molar-refractivity contribution in [2.24, 2.45) is 5.16 Å². The van der Waals surface area contributed by atoms with Gasteiger partial charge in [0.2, 0.25) is 0 Å². The molecule has 1 aliphatic heterocycles. The molecule has 1 saturated carbocycles. The van der Waals surface area contributed by atoms with E-state index in [1.54, 1.807) is 0 Å². The number of alkyl halides is 1. The fourth-order valence-electron chi connectivity index (χ4n) is 1.56. The normalized spacial score (nSPS) is 23.9. The molecule has 0 aromatic heterocycles. The van der Waals surface area contributed by atoms with Gasteiger partial charge in [-0.15, -0.1) is 0 Å². The summed E-state index contributed by atoms with van der Waals surface area (Å²) >= 11 is 3.42. The van der Waals surface area contributed by atoms with Crippen LogP contribution in [0.2, 0.25) is 0 Å². The van der Waals surface area contributed by atoms with Crippen LogP contribution in [0.4, 0.5) is 0 Å². The highest BCUT2D eigenvalue weighted by Crippen LogP contribution is 2.46. The largest absolute Gasteiger partial charge is 0.389 e. The van der Waals surface area contributed by atoms with Crippen molar-refractivity contribution in [2.75, 3.05) is 5.33 Å². The van der Waals surface area contributed by atoms with E-state index in [2.05, 4.69) is 21.1 Å². The smallest absolute Gasteiger partial charge is 0.143 e. The highest BCUT2D eigenvalue weighted by atomic mass is 79.9. The molecule has 1 spiro atoms. The summed E-state index contributed by atoms with van der Waals surface area (Å²) in [5.74, 6) is 0. The van der Waals surface area contributed by atoms with Crippen LogP contribution in [0, 0.1) is 0 Å². The third-order valence-electron chi connectivity index (χ3n) is 2.55. The van der Waals surface area contributed by atoms with Crippen molar-refractivity contribution in [3.05, 3.63) is 0 Å². The summed E-state index contributed by atoms with van der Waals surface area (Å²) in [6.07, 6.45) is 7.16. The van der Waals surface area contributed by atoms with Gasteiger partial charge in [0.05, 0.1) is 5.71 Å². The molecule has 0 radical (unpaired) electrons. The minimum atomic E-state index is 0.198. The Morgan fingerprint density at radius 3 is 2.83 bits per heavy atom. The topological polar surface area (TPSA) is 21.6 Å². The molecule has 1 aliphatic carbocycles. The van der Waals surface area contributed by atoms with E-state index >= 15 is 0 Å². The van der Waals surface area contributed by atoms with Crippen molar-refractivity contribution in [3.63, 3.8) is 0 Å². The van der Waals surface area contributed by atoms with E-state index in [0.29, 0.717) is 0 Å². The molecule has 0 atom stereocenters. The minimum Gasteiger partial charge on any atom is -0.389 e. The fourth-order valence-corrected chi connectivity index (χ4v) is 1.96. The summed E-state index contributed by atoms with van der Waals surface area (Å²) in [7, 11) is 0. The Morgan fingerprint density at radius 1 is 1.42 bits per heavy atom. The predicted molar refractivity (Wildman–Crippen MR) is 52.7 cm³/mol. The lowest BCUT2D eigenvalue weighted by Gasteiger charge is -2.00. The van der Waals surface area contributed by atoms with E-state index < -0.39 is 0 Å². The van der Waals surface area contributed by atoms with Gasteiger partial charge in [0, 0.05) is 11.8 Å². The summed E-state index contributed by atoms with van der Waals surface area (Å²) in [6, 6.07) is 0. The Morgan fingerprint density at radius 2 is 2.25 bits per heavy atom. The maximum absolute atomic E-state index is 5.37. The Balaban J connectivity index is 1.69. The SMILES string of the molecule is BrCCCCC1=NOC2(CC2)C1. The molecule has 0 aromatic carbocycles. The average molecular weight is 232 g/mol. The lowest BCUT2D eigenvalue weighted by Crippen LogP contribution is -2.07. The summed E-state index contributed by atoms with van der Waals surface area (Å²) in [5, 5.41) is 5.23. The first-order valence-electron chi connectivity index (χ1n) is 4.65. The number of hydrogen-bond acceptors (Lipinski definition) is 2. The molecule has 1 fully saturated rings. The third kappa shape index (κ3) is 1.82. The predicted octanol–water partition coefficient (Wildman–Crippen LogP) is 2.86. The van der Waals surface area contributed by atoms with Gasteiger partial charge in [-0.1, -0.05) is 21.1 Å². The highest BCUT2D eigenvalue weighted by Gasteiger charge is 2.49. The van der Waals surface area contributed by atoms with Gasteiger partial charge in [0.25, 0.3) is 0 Å². The quantitative estimate of drug-likeness (QED) is 0.539. The lowest BCUT2D eigenvalue weighted by molar-refractivity contribution is 0.0650. The van der Waals surface area contributed by atoms with Gasteiger partial charge in [-0.25, -0.2) is 0 Å². The minimum absolute atomic E-state index is 0.198. The zero-order valence-electron chi connectivity index (χ0n) is 7.18. The van der Waals surface area contributed by atoms with Gasteiger partial charge < -0.3 is 4.84 Å². The van der Waals surface area contributed by atoms with Crippen molar-refractivity contribution >= 4 is 21.6 Å². The Hall–Kier alpha value is -0.0500. The zero-order chi connectivity index (χ0) is 8.44. The van der Waals surface area contributed by atoms with Crippen LogP contribution in [0.1, 0.15) is 38.5 Å². The second-order valence-electron chi connectivity index (χ2n) is 3.75. The second-order valence-corrected chi connectivity index (χ2v) is 4.55. The van der Waals surface area contributed by atoms with E-state index in [1.807, 2.05) is 0 Å².